The summed E-state index contributed by atoms with van der Waals surface area (Å²) in [5.74, 6) is -1.14. The Balaban J connectivity index is 4.28. The third-order valence-electron chi connectivity index (χ3n) is 1.59. The first-order chi connectivity index (χ1) is 5.73. The minimum atomic E-state index is -2.93. The van der Waals surface area contributed by atoms with E-state index in [0.29, 0.717) is 0 Å². The summed E-state index contributed by atoms with van der Waals surface area (Å²) in [5, 5.41) is 8.44. The van der Waals surface area contributed by atoms with Gasteiger partial charge in [0, 0.05) is 0 Å². The quantitative estimate of drug-likeness (QED) is 0.749. The lowest BCUT2D eigenvalue weighted by atomic mass is 9.87. The van der Waals surface area contributed by atoms with Crippen LogP contribution in [0.15, 0.2) is 0 Å². The molecular weight excluding hydrogens is 182 g/mol. The predicted octanol–water partition coefficient (Wildman–Crippen LogP) is 2.12. The fourth-order valence-electron chi connectivity index (χ4n) is 0.841. The second-order valence-electron chi connectivity index (χ2n) is 3.85. The summed E-state index contributed by atoms with van der Waals surface area (Å²) in [6, 6.07) is 0. The number of rotatable bonds is 4. The summed E-state index contributed by atoms with van der Waals surface area (Å²) in [6.07, 6.45) is -1.38. The number of hydrogen-bond donors (Lipinski definition) is 1. The lowest BCUT2D eigenvalue weighted by Crippen LogP contribution is -2.33. The second kappa shape index (κ2) is 4.50. The predicted molar refractivity (Wildman–Crippen MR) is 42.6 cm³/mol. The van der Waals surface area contributed by atoms with Crippen LogP contribution >= 0.6 is 0 Å². The van der Waals surface area contributed by atoms with Crippen molar-refractivity contribution in [2.75, 3.05) is 0 Å². The number of ether oxygens (including phenoxy) is 1. The molecule has 1 atom stereocenters. The number of halogens is 2. The molecule has 13 heavy (non-hydrogen) atoms. The molecule has 0 rings (SSSR count). The Bertz CT molecular complexity index is 175. The molecule has 1 unspecified atom stereocenters. The summed E-state index contributed by atoms with van der Waals surface area (Å²) in [4.78, 5) is 10.3. The van der Waals surface area contributed by atoms with Gasteiger partial charge in [0.2, 0.25) is 0 Å². The molecule has 0 spiro atoms. The molecule has 0 saturated carbocycles. The second-order valence-corrected chi connectivity index (χ2v) is 3.85. The molecule has 0 aliphatic heterocycles. The standard InChI is InChI=1S/C8H14F2O3/c1-8(2,3)5(4-6(11)12)13-7(9)10/h5,7H,4H2,1-3H3,(H,11,12). The van der Waals surface area contributed by atoms with Crippen molar-refractivity contribution in [2.24, 2.45) is 5.41 Å². The van der Waals surface area contributed by atoms with E-state index in [4.69, 9.17) is 5.11 Å². The SMILES string of the molecule is CC(C)(C)C(CC(=O)O)OC(F)F. The van der Waals surface area contributed by atoms with Crippen molar-refractivity contribution < 1.29 is 23.4 Å². The highest BCUT2D eigenvalue weighted by molar-refractivity contribution is 5.67. The zero-order chi connectivity index (χ0) is 10.6. The average molecular weight is 196 g/mol. The van der Waals surface area contributed by atoms with Gasteiger partial charge in [0.15, 0.2) is 0 Å². The molecule has 0 radical (unpaired) electrons. The van der Waals surface area contributed by atoms with Gasteiger partial charge in [-0.25, -0.2) is 0 Å². The third kappa shape index (κ3) is 5.52. The van der Waals surface area contributed by atoms with Crippen LogP contribution < -0.4 is 0 Å². The highest BCUT2D eigenvalue weighted by Gasteiger charge is 2.30. The van der Waals surface area contributed by atoms with E-state index >= 15 is 0 Å². The largest absolute Gasteiger partial charge is 0.481 e. The van der Waals surface area contributed by atoms with Crippen LogP contribution in [0, 0.1) is 5.41 Å². The lowest BCUT2D eigenvalue weighted by Gasteiger charge is -2.28. The summed E-state index contributed by atoms with van der Waals surface area (Å²) >= 11 is 0. The van der Waals surface area contributed by atoms with Gasteiger partial charge in [-0.3, -0.25) is 4.79 Å². The molecule has 1 N–H and O–H groups in total. The molecule has 0 aliphatic rings. The highest BCUT2D eigenvalue weighted by atomic mass is 19.3. The maximum atomic E-state index is 11.9. The zero-order valence-corrected chi connectivity index (χ0v) is 7.88. The molecule has 0 aromatic carbocycles. The van der Waals surface area contributed by atoms with Gasteiger partial charge in [-0.05, 0) is 5.41 Å². The molecule has 0 amide bonds. The Morgan fingerprint density at radius 2 is 1.92 bits per heavy atom. The van der Waals surface area contributed by atoms with Crippen molar-refractivity contribution in [2.45, 2.75) is 39.9 Å². The van der Waals surface area contributed by atoms with Crippen molar-refractivity contribution in [3.63, 3.8) is 0 Å². The van der Waals surface area contributed by atoms with Crippen molar-refractivity contribution in [3.8, 4) is 0 Å². The monoisotopic (exact) mass is 196 g/mol. The Morgan fingerprint density at radius 1 is 1.46 bits per heavy atom. The number of aliphatic carboxylic acids is 1. The van der Waals surface area contributed by atoms with Crippen LogP contribution in [0.2, 0.25) is 0 Å². The zero-order valence-electron chi connectivity index (χ0n) is 7.88. The maximum absolute atomic E-state index is 11.9. The van der Waals surface area contributed by atoms with Gasteiger partial charge in [-0.1, -0.05) is 20.8 Å². The van der Waals surface area contributed by atoms with Gasteiger partial charge < -0.3 is 9.84 Å². The van der Waals surface area contributed by atoms with Gasteiger partial charge in [-0.2, -0.15) is 8.78 Å². The summed E-state index contributed by atoms with van der Waals surface area (Å²) in [6.45, 7) is 2.04. The fourth-order valence-corrected chi connectivity index (χ4v) is 0.841. The average Bonchev–Trinajstić information content (AvgIpc) is 1.81. The van der Waals surface area contributed by atoms with Crippen molar-refractivity contribution in [1.82, 2.24) is 0 Å². The molecule has 5 heteroatoms. The van der Waals surface area contributed by atoms with Crippen molar-refractivity contribution >= 4 is 5.97 Å². The number of hydrogen-bond acceptors (Lipinski definition) is 2. The smallest absolute Gasteiger partial charge is 0.345 e. The van der Waals surface area contributed by atoms with Crippen LogP contribution in [0.25, 0.3) is 0 Å². The van der Waals surface area contributed by atoms with E-state index in [-0.39, 0.29) is 0 Å². The third-order valence-corrected chi connectivity index (χ3v) is 1.59. The minimum absolute atomic E-state index is 0.409. The summed E-state index contributed by atoms with van der Waals surface area (Å²) in [5.41, 5.74) is -0.602. The van der Waals surface area contributed by atoms with E-state index in [1.54, 1.807) is 20.8 Å². The summed E-state index contributed by atoms with van der Waals surface area (Å²) < 4.78 is 27.9. The van der Waals surface area contributed by atoms with Crippen molar-refractivity contribution in [1.29, 1.82) is 0 Å². The lowest BCUT2D eigenvalue weighted by molar-refractivity contribution is -0.193. The Morgan fingerprint density at radius 3 is 2.15 bits per heavy atom. The molecule has 3 nitrogen and oxygen atoms in total. The van der Waals surface area contributed by atoms with Gasteiger partial charge in [0.25, 0.3) is 0 Å². The first-order valence-electron chi connectivity index (χ1n) is 3.89. The Kier molecular flexibility index (Phi) is 4.26. The van der Waals surface area contributed by atoms with Gasteiger partial charge in [-0.15, -0.1) is 0 Å². The number of carboxylic acid groups (broad SMARTS) is 1. The first kappa shape index (κ1) is 12.3. The molecule has 0 heterocycles. The van der Waals surface area contributed by atoms with E-state index in [1.807, 2.05) is 0 Å². The van der Waals surface area contributed by atoms with E-state index < -0.39 is 30.5 Å². The first-order valence-corrected chi connectivity index (χ1v) is 3.89. The van der Waals surface area contributed by atoms with Crippen LogP contribution in [-0.4, -0.2) is 23.8 Å². The Hall–Kier alpha value is -0.710. The van der Waals surface area contributed by atoms with Crippen LogP contribution in [0.4, 0.5) is 8.78 Å². The van der Waals surface area contributed by atoms with Gasteiger partial charge >= 0.3 is 12.6 Å². The molecular formula is C8H14F2O3. The molecule has 0 aromatic rings. The van der Waals surface area contributed by atoms with Crippen LogP contribution in [0.1, 0.15) is 27.2 Å². The molecule has 78 valence electrons. The topological polar surface area (TPSA) is 46.5 Å². The van der Waals surface area contributed by atoms with E-state index in [2.05, 4.69) is 4.74 Å². The minimum Gasteiger partial charge on any atom is -0.481 e. The molecule has 0 aliphatic carbocycles. The normalized spacial score (nSPS) is 14.6. The van der Waals surface area contributed by atoms with E-state index in [1.165, 1.54) is 0 Å². The summed E-state index contributed by atoms with van der Waals surface area (Å²) in [7, 11) is 0. The highest BCUT2D eigenvalue weighted by Crippen LogP contribution is 2.26. The fraction of sp³-hybridized carbons (Fsp3) is 0.875. The molecule has 0 bridgehead atoms. The van der Waals surface area contributed by atoms with Crippen LogP contribution in [0.3, 0.4) is 0 Å². The van der Waals surface area contributed by atoms with E-state index in [9.17, 15) is 13.6 Å². The molecule has 0 saturated heterocycles. The number of carbonyl (C=O) groups is 1. The maximum Gasteiger partial charge on any atom is 0.345 e. The number of alkyl halides is 2. The van der Waals surface area contributed by atoms with Crippen LogP contribution in [-0.2, 0) is 9.53 Å². The van der Waals surface area contributed by atoms with E-state index in [0.717, 1.165) is 0 Å². The van der Waals surface area contributed by atoms with Crippen LogP contribution in [0.5, 0.6) is 0 Å². The number of carboxylic acids is 1. The molecule has 0 fully saturated rings. The Labute approximate surface area is 75.7 Å². The van der Waals surface area contributed by atoms with Crippen molar-refractivity contribution in [3.05, 3.63) is 0 Å². The van der Waals surface area contributed by atoms with Gasteiger partial charge in [0.05, 0.1) is 12.5 Å². The van der Waals surface area contributed by atoms with Gasteiger partial charge in [0.1, 0.15) is 0 Å². The molecule has 0 aromatic heterocycles.